The van der Waals surface area contributed by atoms with Gasteiger partial charge in [0.25, 0.3) is 5.89 Å². The quantitative estimate of drug-likeness (QED) is 0.775. The van der Waals surface area contributed by atoms with Crippen molar-refractivity contribution in [3.8, 4) is 28.7 Å². The van der Waals surface area contributed by atoms with Crippen LogP contribution >= 0.6 is 0 Å². The SMILES string of the molecule is Cc1cccnc1-c1noc(-c2ccc(F)cc2O)n1. The van der Waals surface area contributed by atoms with Gasteiger partial charge in [0.1, 0.15) is 17.3 Å². The summed E-state index contributed by atoms with van der Waals surface area (Å²) in [7, 11) is 0. The summed E-state index contributed by atoms with van der Waals surface area (Å²) >= 11 is 0. The Morgan fingerprint density at radius 3 is 2.85 bits per heavy atom. The first-order chi connectivity index (χ1) is 9.65. The van der Waals surface area contributed by atoms with E-state index >= 15 is 0 Å². The second-order valence-electron chi connectivity index (χ2n) is 4.25. The predicted molar refractivity (Wildman–Crippen MR) is 69.3 cm³/mol. The van der Waals surface area contributed by atoms with Gasteiger partial charge in [-0.15, -0.1) is 0 Å². The van der Waals surface area contributed by atoms with Crippen molar-refractivity contribution in [3.63, 3.8) is 0 Å². The van der Waals surface area contributed by atoms with Crippen LogP contribution in [0.25, 0.3) is 23.0 Å². The van der Waals surface area contributed by atoms with E-state index in [-0.39, 0.29) is 17.2 Å². The molecular weight excluding hydrogens is 261 g/mol. The van der Waals surface area contributed by atoms with Crippen molar-refractivity contribution >= 4 is 0 Å². The Balaban J connectivity index is 2.04. The van der Waals surface area contributed by atoms with Crippen molar-refractivity contribution in [1.82, 2.24) is 15.1 Å². The van der Waals surface area contributed by atoms with Crippen molar-refractivity contribution in [1.29, 1.82) is 0 Å². The van der Waals surface area contributed by atoms with E-state index in [2.05, 4.69) is 15.1 Å². The highest BCUT2D eigenvalue weighted by molar-refractivity contribution is 5.64. The van der Waals surface area contributed by atoms with Crippen LogP contribution in [0.3, 0.4) is 0 Å². The summed E-state index contributed by atoms with van der Waals surface area (Å²) in [6.07, 6.45) is 1.63. The Morgan fingerprint density at radius 1 is 1.25 bits per heavy atom. The Bertz CT molecular complexity index is 771. The summed E-state index contributed by atoms with van der Waals surface area (Å²) < 4.78 is 18.0. The first-order valence-corrected chi connectivity index (χ1v) is 5.90. The summed E-state index contributed by atoms with van der Waals surface area (Å²) in [5.74, 6) is -0.353. The Hall–Kier alpha value is -2.76. The molecule has 0 saturated carbocycles. The van der Waals surface area contributed by atoms with Crippen LogP contribution in [0.5, 0.6) is 5.75 Å². The molecule has 0 aliphatic heterocycles. The second kappa shape index (κ2) is 4.73. The molecule has 6 heteroatoms. The maximum atomic E-state index is 12.9. The van der Waals surface area contributed by atoms with E-state index in [1.54, 1.807) is 6.20 Å². The minimum atomic E-state index is -0.536. The third kappa shape index (κ3) is 2.11. The maximum absolute atomic E-state index is 12.9. The summed E-state index contributed by atoms with van der Waals surface area (Å²) in [6.45, 7) is 1.88. The molecule has 0 unspecified atom stereocenters. The van der Waals surface area contributed by atoms with E-state index in [1.165, 1.54) is 12.1 Å². The van der Waals surface area contributed by atoms with Crippen LogP contribution in [0.1, 0.15) is 5.56 Å². The van der Waals surface area contributed by atoms with E-state index in [9.17, 15) is 9.50 Å². The number of phenolic OH excluding ortho intramolecular Hbond substituents is 1. The Morgan fingerprint density at radius 2 is 2.10 bits per heavy atom. The van der Waals surface area contributed by atoms with Crippen molar-refractivity contribution in [2.24, 2.45) is 0 Å². The summed E-state index contributed by atoms with van der Waals surface area (Å²) in [6, 6.07) is 7.28. The number of nitrogens with zero attached hydrogens (tertiary/aromatic N) is 3. The smallest absolute Gasteiger partial charge is 0.262 e. The van der Waals surface area contributed by atoms with Gasteiger partial charge in [-0.25, -0.2) is 4.39 Å². The first kappa shape index (κ1) is 12.3. The zero-order valence-electron chi connectivity index (χ0n) is 10.5. The zero-order valence-corrected chi connectivity index (χ0v) is 10.5. The first-order valence-electron chi connectivity index (χ1n) is 5.90. The van der Waals surface area contributed by atoms with Crippen molar-refractivity contribution in [2.45, 2.75) is 6.92 Å². The molecule has 0 bridgehead atoms. The average Bonchev–Trinajstić information content (AvgIpc) is 2.88. The molecule has 0 atom stereocenters. The lowest BCUT2D eigenvalue weighted by molar-refractivity contribution is 0.424. The van der Waals surface area contributed by atoms with Gasteiger partial charge in [-0.05, 0) is 30.7 Å². The lowest BCUT2D eigenvalue weighted by Crippen LogP contribution is -1.89. The minimum absolute atomic E-state index is 0.113. The lowest BCUT2D eigenvalue weighted by atomic mass is 10.2. The summed E-state index contributed by atoms with van der Waals surface area (Å²) in [5.41, 5.74) is 1.78. The highest BCUT2D eigenvalue weighted by atomic mass is 19.1. The van der Waals surface area contributed by atoms with Gasteiger partial charge < -0.3 is 9.63 Å². The third-order valence-corrected chi connectivity index (χ3v) is 2.84. The molecular formula is C14H10FN3O2. The van der Waals surface area contributed by atoms with Crippen LogP contribution in [-0.2, 0) is 0 Å². The molecule has 2 heterocycles. The zero-order chi connectivity index (χ0) is 14.1. The number of phenols is 1. The normalized spacial score (nSPS) is 10.7. The number of halogens is 1. The molecule has 20 heavy (non-hydrogen) atoms. The predicted octanol–water partition coefficient (Wildman–Crippen LogP) is 2.95. The van der Waals surface area contributed by atoms with Gasteiger partial charge in [-0.2, -0.15) is 4.98 Å². The number of aromatic hydroxyl groups is 1. The van der Waals surface area contributed by atoms with Crippen molar-refractivity contribution < 1.29 is 14.0 Å². The third-order valence-electron chi connectivity index (χ3n) is 2.84. The molecule has 100 valence electrons. The van der Waals surface area contributed by atoms with Gasteiger partial charge in [0.05, 0.1) is 5.56 Å². The van der Waals surface area contributed by atoms with Crippen molar-refractivity contribution in [2.75, 3.05) is 0 Å². The van der Waals surface area contributed by atoms with Gasteiger partial charge in [-0.3, -0.25) is 4.98 Å². The molecule has 0 aliphatic rings. The molecule has 3 rings (SSSR count). The summed E-state index contributed by atoms with van der Waals surface area (Å²) in [5, 5.41) is 13.5. The topological polar surface area (TPSA) is 72.0 Å². The molecule has 0 spiro atoms. The van der Waals surface area contributed by atoms with Crippen LogP contribution in [0.15, 0.2) is 41.1 Å². The molecule has 0 fully saturated rings. The van der Waals surface area contributed by atoms with Gasteiger partial charge >= 0.3 is 0 Å². The van der Waals surface area contributed by atoms with E-state index < -0.39 is 5.82 Å². The number of aromatic nitrogens is 3. The van der Waals surface area contributed by atoms with Gasteiger partial charge in [-0.1, -0.05) is 11.2 Å². The van der Waals surface area contributed by atoms with Gasteiger partial charge in [0, 0.05) is 12.3 Å². The fourth-order valence-electron chi connectivity index (χ4n) is 1.83. The number of rotatable bonds is 2. The molecule has 0 radical (unpaired) electrons. The minimum Gasteiger partial charge on any atom is -0.507 e. The molecule has 5 nitrogen and oxygen atoms in total. The van der Waals surface area contributed by atoms with E-state index in [1.807, 2.05) is 19.1 Å². The molecule has 3 aromatic rings. The van der Waals surface area contributed by atoms with Crippen LogP contribution in [0, 0.1) is 12.7 Å². The second-order valence-corrected chi connectivity index (χ2v) is 4.25. The monoisotopic (exact) mass is 271 g/mol. The largest absolute Gasteiger partial charge is 0.507 e. The average molecular weight is 271 g/mol. The number of hydrogen-bond acceptors (Lipinski definition) is 5. The Kier molecular flexibility index (Phi) is 2.90. The van der Waals surface area contributed by atoms with Gasteiger partial charge in [0.15, 0.2) is 0 Å². The highest BCUT2D eigenvalue weighted by Gasteiger charge is 2.16. The number of hydrogen-bond donors (Lipinski definition) is 1. The van der Waals surface area contributed by atoms with E-state index in [0.29, 0.717) is 11.5 Å². The number of pyridine rings is 1. The van der Waals surface area contributed by atoms with E-state index in [4.69, 9.17) is 4.52 Å². The van der Waals surface area contributed by atoms with Gasteiger partial charge in [0.2, 0.25) is 5.82 Å². The van der Waals surface area contributed by atoms with Crippen LogP contribution < -0.4 is 0 Å². The molecule has 2 aromatic heterocycles. The van der Waals surface area contributed by atoms with E-state index in [0.717, 1.165) is 11.6 Å². The van der Waals surface area contributed by atoms with Crippen LogP contribution in [-0.4, -0.2) is 20.2 Å². The Labute approximate surface area is 113 Å². The molecule has 0 aliphatic carbocycles. The number of benzene rings is 1. The molecule has 1 N–H and O–H groups in total. The lowest BCUT2D eigenvalue weighted by Gasteiger charge is -1.98. The van der Waals surface area contributed by atoms with Crippen LogP contribution in [0.2, 0.25) is 0 Å². The summed E-state index contributed by atoms with van der Waals surface area (Å²) in [4.78, 5) is 8.36. The molecule has 0 amide bonds. The molecule has 1 aromatic carbocycles. The molecule has 0 saturated heterocycles. The maximum Gasteiger partial charge on any atom is 0.262 e. The highest BCUT2D eigenvalue weighted by Crippen LogP contribution is 2.29. The van der Waals surface area contributed by atoms with Crippen LogP contribution in [0.4, 0.5) is 4.39 Å². The van der Waals surface area contributed by atoms with Crippen molar-refractivity contribution in [3.05, 3.63) is 47.9 Å². The fourth-order valence-corrected chi connectivity index (χ4v) is 1.83. The number of aryl methyl sites for hydroxylation is 1. The standard InChI is InChI=1S/C14H10FN3O2/c1-8-3-2-6-16-12(8)13-17-14(20-18-13)10-5-4-9(15)7-11(10)19/h2-7,19H,1H3. The fraction of sp³-hybridized carbons (Fsp3) is 0.0714.